The Bertz CT molecular complexity index is 497. The summed E-state index contributed by atoms with van der Waals surface area (Å²) in [6.07, 6.45) is 4.07. The zero-order valence-electron chi connectivity index (χ0n) is 12.5. The minimum atomic E-state index is -0.751. The Morgan fingerprint density at radius 3 is 2.57 bits per heavy atom. The average molecular weight is 288 g/mol. The van der Waals surface area contributed by atoms with Gasteiger partial charge in [-0.2, -0.15) is 0 Å². The van der Waals surface area contributed by atoms with Gasteiger partial charge in [0, 0.05) is 25.7 Å². The molecule has 21 heavy (non-hydrogen) atoms. The fourth-order valence-electron chi connectivity index (χ4n) is 3.65. The number of carboxylic acid groups (broad SMARTS) is 1. The third kappa shape index (κ3) is 3.63. The van der Waals surface area contributed by atoms with Gasteiger partial charge in [-0.15, -0.1) is 0 Å². The van der Waals surface area contributed by atoms with Gasteiger partial charge in [-0.05, 0) is 43.5 Å². The summed E-state index contributed by atoms with van der Waals surface area (Å²) in [7, 11) is 0. The van der Waals surface area contributed by atoms with E-state index in [1.54, 1.807) is 0 Å². The van der Waals surface area contributed by atoms with Crippen LogP contribution in [0.3, 0.4) is 0 Å². The maximum Gasteiger partial charge on any atom is 0.307 e. The largest absolute Gasteiger partial charge is 0.481 e. The zero-order chi connectivity index (χ0) is 14.7. The van der Waals surface area contributed by atoms with Crippen LogP contribution in [0.15, 0.2) is 24.3 Å². The van der Waals surface area contributed by atoms with Gasteiger partial charge in [0.25, 0.3) is 0 Å². The van der Waals surface area contributed by atoms with Gasteiger partial charge >= 0.3 is 5.97 Å². The molecule has 0 amide bonds. The standard InChI is InChI=1S/C17H24N2O2/c20-17(21)11-14-5-1-2-6-15(14)12-18-10-7-16(13-18)19-8-3-4-9-19/h1-2,5-6,16H,3-4,7-13H2,(H,20,21). The van der Waals surface area contributed by atoms with Gasteiger partial charge in [0.2, 0.25) is 0 Å². The van der Waals surface area contributed by atoms with Crippen molar-refractivity contribution in [3.05, 3.63) is 35.4 Å². The number of benzene rings is 1. The molecule has 1 aromatic rings. The number of hydrogen-bond acceptors (Lipinski definition) is 3. The summed E-state index contributed by atoms with van der Waals surface area (Å²) >= 11 is 0. The number of rotatable bonds is 5. The van der Waals surface area contributed by atoms with Crippen molar-refractivity contribution in [2.45, 2.75) is 38.3 Å². The summed E-state index contributed by atoms with van der Waals surface area (Å²) < 4.78 is 0. The third-order valence-electron chi connectivity index (χ3n) is 4.76. The minimum Gasteiger partial charge on any atom is -0.481 e. The first-order valence-electron chi connectivity index (χ1n) is 7.97. The molecule has 0 radical (unpaired) electrons. The van der Waals surface area contributed by atoms with Crippen LogP contribution in [-0.4, -0.2) is 53.1 Å². The first-order valence-corrected chi connectivity index (χ1v) is 7.97. The lowest BCUT2D eigenvalue weighted by atomic mass is 10.0. The Labute approximate surface area is 126 Å². The second-order valence-electron chi connectivity index (χ2n) is 6.26. The van der Waals surface area contributed by atoms with E-state index >= 15 is 0 Å². The molecule has 4 heteroatoms. The van der Waals surface area contributed by atoms with E-state index in [-0.39, 0.29) is 6.42 Å². The zero-order valence-corrected chi connectivity index (χ0v) is 12.5. The molecule has 0 aromatic heterocycles. The van der Waals surface area contributed by atoms with Crippen molar-refractivity contribution in [3.63, 3.8) is 0 Å². The van der Waals surface area contributed by atoms with E-state index in [9.17, 15) is 4.79 Å². The molecular weight excluding hydrogens is 264 g/mol. The molecular formula is C17H24N2O2. The smallest absolute Gasteiger partial charge is 0.307 e. The lowest BCUT2D eigenvalue weighted by Crippen LogP contribution is -2.35. The Kier molecular flexibility index (Phi) is 4.56. The number of nitrogens with zero attached hydrogens (tertiary/aromatic N) is 2. The Hall–Kier alpha value is -1.39. The molecule has 2 saturated heterocycles. The van der Waals surface area contributed by atoms with E-state index in [1.807, 2.05) is 18.2 Å². The van der Waals surface area contributed by atoms with E-state index in [0.29, 0.717) is 6.04 Å². The first kappa shape index (κ1) is 14.5. The molecule has 0 aliphatic carbocycles. The van der Waals surface area contributed by atoms with Crippen LogP contribution in [0.4, 0.5) is 0 Å². The van der Waals surface area contributed by atoms with Gasteiger partial charge in [-0.3, -0.25) is 14.6 Å². The maximum absolute atomic E-state index is 11.0. The van der Waals surface area contributed by atoms with Crippen LogP contribution >= 0.6 is 0 Å². The first-order chi connectivity index (χ1) is 10.2. The number of carboxylic acids is 1. The Morgan fingerprint density at radius 2 is 1.86 bits per heavy atom. The minimum absolute atomic E-state index is 0.125. The van der Waals surface area contributed by atoms with E-state index in [0.717, 1.165) is 25.2 Å². The third-order valence-corrected chi connectivity index (χ3v) is 4.76. The summed E-state index contributed by atoms with van der Waals surface area (Å²) in [6, 6.07) is 8.66. The van der Waals surface area contributed by atoms with E-state index in [1.165, 1.54) is 37.9 Å². The number of likely N-dealkylation sites (tertiary alicyclic amines) is 2. The number of aliphatic carboxylic acids is 1. The predicted molar refractivity (Wildman–Crippen MR) is 82.3 cm³/mol. The molecule has 0 saturated carbocycles. The van der Waals surface area contributed by atoms with Gasteiger partial charge in [0.05, 0.1) is 6.42 Å². The molecule has 1 atom stereocenters. The quantitative estimate of drug-likeness (QED) is 0.900. The van der Waals surface area contributed by atoms with Crippen molar-refractivity contribution in [2.75, 3.05) is 26.2 Å². The van der Waals surface area contributed by atoms with Crippen molar-refractivity contribution < 1.29 is 9.90 Å². The molecule has 4 nitrogen and oxygen atoms in total. The lowest BCUT2D eigenvalue weighted by molar-refractivity contribution is -0.136. The van der Waals surface area contributed by atoms with E-state index < -0.39 is 5.97 Å². The molecule has 1 N–H and O–H groups in total. The van der Waals surface area contributed by atoms with Crippen LogP contribution in [-0.2, 0) is 17.8 Å². The van der Waals surface area contributed by atoms with Gasteiger partial charge in [-0.25, -0.2) is 0 Å². The molecule has 1 aromatic carbocycles. The highest BCUT2D eigenvalue weighted by atomic mass is 16.4. The molecule has 0 bridgehead atoms. The van der Waals surface area contributed by atoms with Crippen molar-refractivity contribution in [3.8, 4) is 0 Å². The summed E-state index contributed by atoms with van der Waals surface area (Å²) in [6.45, 7) is 5.65. The van der Waals surface area contributed by atoms with Gasteiger partial charge < -0.3 is 5.11 Å². The number of hydrogen-bond donors (Lipinski definition) is 1. The van der Waals surface area contributed by atoms with E-state index in [2.05, 4.69) is 15.9 Å². The second-order valence-corrected chi connectivity index (χ2v) is 6.26. The molecule has 2 fully saturated rings. The maximum atomic E-state index is 11.0. The molecule has 2 aliphatic heterocycles. The Balaban J connectivity index is 1.61. The number of carbonyl (C=O) groups is 1. The summed E-state index contributed by atoms with van der Waals surface area (Å²) in [5.74, 6) is -0.751. The predicted octanol–water partition coefficient (Wildman–Crippen LogP) is 1.98. The van der Waals surface area contributed by atoms with Crippen molar-refractivity contribution in [1.29, 1.82) is 0 Å². The van der Waals surface area contributed by atoms with Crippen LogP contribution in [0, 0.1) is 0 Å². The van der Waals surface area contributed by atoms with Gasteiger partial charge in [0.1, 0.15) is 0 Å². The monoisotopic (exact) mass is 288 g/mol. The molecule has 114 valence electrons. The van der Waals surface area contributed by atoms with Crippen LogP contribution in [0.5, 0.6) is 0 Å². The molecule has 2 heterocycles. The fourth-order valence-corrected chi connectivity index (χ4v) is 3.65. The summed E-state index contributed by atoms with van der Waals surface area (Å²) in [5, 5.41) is 9.02. The van der Waals surface area contributed by atoms with Crippen molar-refractivity contribution in [1.82, 2.24) is 9.80 Å². The van der Waals surface area contributed by atoms with Crippen molar-refractivity contribution >= 4 is 5.97 Å². The molecule has 3 rings (SSSR count). The lowest BCUT2D eigenvalue weighted by Gasteiger charge is -2.24. The van der Waals surface area contributed by atoms with Crippen LogP contribution in [0.25, 0.3) is 0 Å². The van der Waals surface area contributed by atoms with Gasteiger partial charge in [0.15, 0.2) is 0 Å². The Morgan fingerprint density at radius 1 is 1.14 bits per heavy atom. The van der Waals surface area contributed by atoms with Crippen LogP contribution < -0.4 is 0 Å². The molecule has 2 aliphatic rings. The second kappa shape index (κ2) is 6.58. The van der Waals surface area contributed by atoms with Crippen LogP contribution in [0.1, 0.15) is 30.4 Å². The summed E-state index contributed by atoms with van der Waals surface area (Å²) in [4.78, 5) is 16.1. The average Bonchev–Trinajstić information content (AvgIpc) is 3.11. The van der Waals surface area contributed by atoms with Gasteiger partial charge in [-0.1, -0.05) is 24.3 Å². The molecule has 1 unspecified atom stereocenters. The molecule has 0 spiro atoms. The summed E-state index contributed by atoms with van der Waals surface area (Å²) in [5.41, 5.74) is 2.12. The highest BCUT2D eigenvalue weighted by Gasteiger charge is 2.29. The SMILES string of the molecule is O=C(O)Cc1ccccc1CN1CCC(N2CCCC2)C1. The fraction of sp³-hybridized carbons (Fsp3) is 0.588. The van der Waals surface area contributed by atoms with Crippen molar-refractivity contribution in [2.24, 2.45) is 0 Å². The van der Waals surface area contributed by atoms with Crippen LogP contribution in [0.2, 0.25) is 0 Å². The van der Waals surface area contributed by atoms with E-state index in [4.69, 9.17) is 5.11 Å². The highest BCUT2D eigenvalue weighted by Crippen LogP contribution is 2.22. The topological polar surface area (TPSA) is 43.8 Å². The normalized spacial score (nSPS) is 23.7. The highest BCUT2D eigenvalue weighted by molar-refractivity contribution is 5.70.